The lowest BCUT2D eigenvalue weighted by molar-refractivity contribution is -0.130. The standard InChI is InChI=1S/C19H20Cl2N2O4/c1-23(2)18(24)11-27-16-7-4-12(8-17(16)26-3)10-22-19(25)14-9-13(20)5-6-15(14)21/h4-9H,10-11H2,1-3H3,(H,22,25). The monoisotopic (exact) mass is 410 g/mol. The highest BCUT2D eigenvalue weighted by atomic mass is 35.5. The minimum Gasteiger partial charge on any atom is -0.493 e. The molecule has 27 heavy (non-hydrogen) atoms. The first-order chi connectivity index (χ1) is 12.8. The highest BCUT2D eigenvalue weighted by Crippen LogP contribution is 2.28. The Kier molecular flexibility index (Phi) is 7.33. The van der Waals surface area contributed by atoms with E-state index in [-0.39, 0.29) is 25.0 Å². The molecule has 144 valence electrons. The molecule has 2 aromatic carbocycles. The molecule has 1 N–H and O–H groups in total. The maximum Gasteiger partial charge on any atom is 0.259 e. The summed E-state index contributed by atoms with van der Waals surface area (Å²) in [5.41, 5.74) is 1.10. The first kappa shape index (κ1) is 20.9. The van der Waals surface area contributed by atoms with Crippen LogP contribution in [0.4, 0.5) is 0 Å². The Morgan fingerprint density at radius 3 is 2.48 bits per heavy atom. The molecule has 0 saturated carbocycles. The number of rotatable bonds is 7. The fourth-order valence-corrected chi connectivity index (χ4v) is 2.53. The van der Waals surface area contributed by atoms with Crippen LogP contribution in [0.3, 0.4) is 0 Å². The zero-order valence-electron chi connectivity index (χ0n) is 15.2. The molecule has 0 fully saturated rings. The topological polar surface area (TPSA) is 67.9 Å². The predicted octanol–water partition coefficient (Wildman–Crippen LogP) is 3.40. The van der Waals surface area contributed by atoms with Crippen molar-refractivity contribution in [2.75, 3.05) is 27.8 Å². The van der Waals surface area contributed by atoms with E-state index < -0.39 is 0 Å². The van der Waals surface area contributed by atoms with Crippen molar-refractivity contribution in [1.29, 1.82) is 0 Å². The Hall–Kier alpha value is -2.44. The molecule has 0 unspecified atom stereocenters. The molecule has 0 bridgehead atoms. The second kappa shape index (κ2) is 9.48. The van der Waals surface area contributed by atoms with E-state index in [0.29, 0.717) is 27.1 Å². The van der Waals surface area contributed by atoms with Crippen molar-refractivity contribution < 1.29 is 19.1 Å². The molecular weight excluding hydrogens is 391 g/mol. The van der Waals surface area contributed by atoms with Crippen molar-refractivity contribution in [3.05, 3.63) is 57.6 Å². The molecule has 2 aromatic rings. The van der Waals surface area contributed by atoms with Crippen LogP contribution >= 0.6 is 23.2 Å². The number of carbonyl (C=O) groups excluding carboxylic acids is 2. The van der Waals surface area contributed by atoms with Gasteiger partial charge in [0.1, 0.15) is 0 Å². The third kappa shape index (κ3) is 5.77. The quantitative estimate of drug-likeness (QED) is 0.759. The molecule has 0 heterocycles. The summed E-state index contributed by atoms with van der Waals surface area (Å²) in [6.45, 7) is 0.168. The van der Waals surface area contributed by atoms with Crippen LogP contribution in [0.15, 0.2) is 36.4 Å². The number of carbonyl (C=O) groups is 2. The van der Waals surface area contributed by atoms with E-state index in [9.17, 15) is 9.59 Å². The number of likely N-dealkylation sites (N-methyl/N-ethyl adjacent to an activating group) is 1. The number of methoxy groups -OCH3 is 1. The Morgan fingerprint density at radius 2 is 1.81 bits per heavy atom. The minimum atomic E-state index is -0.335. The first-order valence-corrected chi connectivity index (χ1v) is 8.80. The number of benzene rings is 2. The lowest BCUT2D eigenvalue weighted by Gasteiger charge is -2.14. The maximum atomic E-state index is 12.3. The number of ether oxygens (including phenoxy) is 2. The highest BCUT2D eigenvalue weighted by Gasteiger charge is 2.13. The second-order valence-corrected chi connectivity index (χ2v) is 6.71. The van der Waals surface area contributed by atoms with Gasteiger partial charge in [-0.3, -0.25) is 9.59 Å². The number of halogens is 2. The van der Waals surface area contributed by atoms with Crippen molar-refractivity contribution in [3.8, 4) is 11.5 Å². The van der Waals surface area contributed by atoms with E-state index in [1.165, 1.54) is 18.1 Å². The fourth-order valence-electron chi connectivity index (χ4n) is 2.16. The van der Waals surface area contributed by atoms with Gasteiger partial charge in [0.15, 0.2) is 18.1 Å². The van der Waals surface area contributed by atoms with Crippen molar-refractivity contribution in [2.45, 2.75) is 6.54 Å². The van der Waals surface area contributed by atoms with Crippen LogP contribution in [0.2, 0.25) is 10.0 Å². The van der Waals surface area contributed by atoms with Gasteiger partial charge in [0.25, 0.3) is 11.8 Å². The predicted molar refractivity (Wildman–Crippen MR) is 105 cm³/mol. The SMILES string of the molecule is COc1cc(CNC(=O)c2cc(Cl)ccc2Cl)ccc1OCC(=O)N(C)C. The van der Waals surface area contributed by atoms with E-state index in [1.54, 1.807) is 44.4 Å². The molecule has 0 aliphatic heterocycles. The lowest BCUT2D eigenvalue weighted by Crippen LogP contribution is -2.27. The van der Waals surface area contributed by atoms with Gasteiger partial charge in [-0.05, 0) is 35.9 Å². The molecule has 2 amide bonds. The summed E-state index contributed by atoms with van der Waals surface area (Å²) in [5, 5.41) is 3.53. The molecule has 0 aromatic heterocycles. The molecule has 0 radical (unpaired) electrons. The summed E-state index contributed by atoms with van der Waals surface area (Å²) in [6, 6.07) is 9.90. The number of nitrogens with zero attached hydrogens (tertiary/aromatic N) is 1. The van der Waals surface area contributed by atoms with Gasteiger partial charge in [0, 0.05) is 25.7 Å². The highest BCUT2D eigenvalue weighted by molar-refractivity contribution is 6.35. The Balaban J connectivity index is 2.03. The molecule has 6 nitrogen and oxygen atoms in total. The van der Waals surface area contributed by atoms with Crippen molar-refractivity contribution in [1.82, 2.24) is 10.2 Å². The van der Waals surface area contributed by atoms with E-state index >= 15 is 0 Å². The summed E-state index contributed by atoms with van der Waals surface area (Å²) < 4.78 is 10.8. The van der Waals surface area contributed by atoms with Gasteiger partial charge < -0.3 is 19.7 Å². The van der Waals surface area contributed by atoms with Crippen LogP contribution in [0.5, 0.6) is 11.5 Å². The largest absolute Gasteiger partial charge is 0.493 e. The fraction of sp³-hybridized carbons (Fsp3) is 0.263. The average molecular weight is 411 g/mol. The van der Waals surface area contributed by atoms with Crippen molar-refractivity contribution >= 4 is 35.0 Å². The molecular formula is C19H20Cl2N2O4. The van der Waals surface area contributed by atoms with Gasteiger partial charge in [-0.2, -0.15) is 0 Å². The van der Waals surface area contributed by atoms with Crippen LogP contribution < -0.4 is 14.8 Å². The van der Waals surface area contributed by atoms with Gasteiger partial charge in [0.2, 0.25) is 0 Å². The number of hydrogen-bond acceptors (Lipinski definition) is 4. The third-order valence-electron chi connectivity index (χ3n) is 3.70. The molecule has 0 spiro atoms. The number of amides is 2. The molecule has 0 atom stereocenters. The molecule has 0 aliphatic carbocycles. The smallest absolute Gasteiger partial charge is 0.259 e. The van der Waals surface area contributed by atoms with Gasteiger partial charge >= 0.3 is 0 Å². The number of nitrogens with one attached hydrogen (secondary N) is 1. The van der Waals surface area contributed by atoms with Gasteiger partial charge in [-0.1, -0.05) is 29.3 Å². The number of hydrogen-bond donors (Lipinski definition) is 1. The Labute approximate surface area is 168 Å². The third-order valence-corrected chi connectivity index (χ3v) is 4.27. The van der Waals surface area contributed by atoms with E-state index in [2.05, 4.69) is 5.32 Å². The van der Waals surface area contributed by atoms with Crippen LogP contribution in [0.25, 0.3) is 0 Å². The van der Waals surface area contributed by atoms with Crippen LogP contribution in [-0.4, -0.2) is 44.5 Å². The van der Waals surface area contributed by atoms with E-state index in [0.717, 1.165) is 5.56 Å². The summed E-state index contributed by atoms with van der Waals surface area (Å²) in [7, 11) is 4.81. The normalized spacial score (nSPS) is 10.3. The average Bonchev–Trinajstić information content (AvgIpc) is 2.66. The van der Waals surface area contributed by atoms with Gasteiger partial charge in [-0.15, -0.1) is 0 Å². The zero-order valence-corrected chi connectivity index (χ0v) is 16.7. The minimum absolute atomic E-state index is 0.0906. The zero-order chi connectivity index (χ0) is 20.0. The van der Waals surface area contributed by atoms with Crippen molar-refractivity contribution in [3.63, 3.8) is 0 Å². The first-order valence-electron chi connectivity index (χ1n) is 8.05. The lowest BCUT2D eigenvalue weighted by atomic mass is 10.1. The summed E-state index contributed by atoms with van der Waals surface area (Å²) in [5.74, 6) is 0.417. The Morgan fingerprint density at radius 1 is 1.07 bits per heavy atom. The van der Waals surface area contributed by atoms with E-state index in [4.69, 9.17) is 32.7 Å². The maximum absolute atomic E-state index is 12.3. The molecule has 8 heteroatoms. The molecule has 0 aliphatic rings. The van der Waals surface area contributed by atoms with Gasteiger partial charge in [-0.25, -0.2) is 0 Å². The van der Waals surface area contributed by atoms with E-state index in [1.807, 2.05) is 0 Å². The summed E-state index contributed by atoms with van der Waals surface area (Å²) >= 11 is 11.9. The Bertz CT molecular complexity index is 840. The van der Waals surface area contributed by atoms with Crippen LogP contribution in [0, 0.1) is 0 Å². The summed E-state index contributed by atoms with van der Waals surface area (Å²) in [4.78, 5) is 25.4. The molecule has 0 saturated heterocycles. The van der Waals surface area contributed by atoms with Crippen LogP contribution in [0.1, 0.15) is 15.9 Å². The van der Waals surface area contributed by atoms with Gasteiger partial charge in [0.05, 0.1) is 17.7 Å². The van der Waals surface area contributed by atoms with Crippen molar-refractivity contribution in [2.24, 2.45) is 0 Å². The van der Waals surface area contributed by atoms with Crippen LogP contribution in [-0.2, 0) is 11.3 Å². The molecule has 2 rings (SSSR count). The second-order valence-electron chi connectivity index (χ2n) is 5.87. The summed E-state index contributed by atoms with van der Waals surface area (Å²) in [6.07, 6.45) is 0.